The van der Waals surface area contributed by atoms with Crippen LogP contribution in [0.2, 0.25) is 0 Å². The molecule has 0 spiro atoms. The van der Waals surface area contributed by atoms with Gasteiger partial charge in [0, 0.05) is 18.5 Å². The van der Waals surface area contributed by atoms with Gasteiger partial charge in [0.2, 0.25) is 5.91 Å². The van der Waals surface area contributed by atoms with Gasteiger partial charge >= 0.3 is 0 Å². The van der Waals surface area contributed by atoms with Crippen LogP contribution in [0.4, 0.5) is 0 Å². The number of aliphatic hydroxyl groups excluding tert-OH is 1. The Kier molecular flexibility index (Phi) is 4.53. The topological polar surface area (TPSA) is 49.3 Å². The number of hydrogen-bond donors (Lipinski definition) is 2. The third kappa shape index (κ3) is 3.70. The highest BCUT2D eigenvalue weighted by Gasteiger charge is 2.14. The number of aliphatic hydroxyl groups is 1. The number of nitrogens with one attached hydrogen (secondary N) is 1. The van der Waals surface area contributed by atoms with Crippen molar-refractivity contribution in [1.29, 1.82) is 0 Å². The molecule has 1 aliphatic rings. The summed E-state index contributed by atoms with van der Waals surface area (Å²) >= 11 is 0. The lowest BCUT2D eigenvalue weighted by atomic mass is 10.1. The van der Waals surface area contributed by atoms with Crippen molar-refractivity contribution >= 4 is 5.91 Å². The average Bonchev–Trinajstić information content (AvgIpc) is 2.91. The summed E-state index contributed by atoms with van der Waals surface area (Å²) in [4.78, 5) is 11.7. The second-order valence-corrected chi connectivity index (χ2v) is 4.68. The Bertz CT molecular complexity index is 425. The van der Waals surface area contributed by atoms with Gasteiger partial charge in [0.15, 0.2) is 0 Å². The lowest BCUT2D eigenvalue weighted by Crippen LogP contribution is -2.33. The maximum Gasteiger partial charge on any atom is 0.246 e. The first-order valence-electron chi connectivity index (χ1n) is 6.45. The Morgan fingerprint density at radius 2 is 2.11 bits per heavy atom. The molecule has 0 heterocycles. The SMILES string of the molecule is O=C(NCC(O)Cc1ccccc1)C1=CCCC1. The van der Waals surface area contributed by atoms with Crippen LogP contribution in [-0.4, -0.2) is 23.7 Å². The van der Waals surface area contributed by atoms with Gasteiger partial charge in [0.1, 0.15) is 0 Å². The Labute approximate surface area is 108 Å². The van der Waals surface area contributed by atoms with Crippen molar-refractivity contribution in [2.24, 2.45) is 0 Å². The van der Waals surface area contributed by atoms with Crippen LogP contribution in [0.15, 0.2) is 42.0 Å². The molecule has 1 atom stereocenters. The summed E-state index contributed by atoms with van der Waals surface area (Å²) in [5.74, 6) is -0.0281. The lowest BCUT2D eigenvalue weighted by Gasteiger charge is -2.12. The van der Waals surface area contributed by atoms with Gasteiger partial charge in [-0.1, -0.05) is 36.4 Å². The van der Waals surface area contributed by atoms with Crippen molar-refractivity contribution in [3.8, 4) is 0 Å². The summed E-state index contributed by atoms with van der Waals surface area (Å²) in [6.45, 7) is 0.311. The van der Waals surface area contributed by atoms with E-state index in [1.807, 2.05) is 36.4 Å². The van der Waals surface area contributed by atoms with Crippen LogP contribution in [0.1, 0.15) is 24.8 Å². The second kappa shape index (κ2) is 6.36. The lowest BCUT2D eigenvalue weighted by molar-refractivity contribution is -0.118. The van der Waals surface area contributed by atoms with E-state index in [0.29, 0.717) is 13.0 Å². The first kappa shape index (κ1) is 12.8. The van der Waals surface area contributed by atoms with Crippen molar-refractivity contribution in [2.75, 3.05) is 6.54 Å². The zero-order chi connectivity index (χ0) is 12.8. The summed E-state index contributed by atoms with van der Waals surface area (Å²) in [6, 6.07) is 9.80. The molecule has 0 bridgehead atoms. The van der Waals surface area contributed by atoms with E-state index < -0.39 is 6.10 Å². The maximum absolute atomic E-state index is 11.7. The van der Waals surface area contributed by atoms with Crippen LogP contribution in [0, 0.1) is 0 Å². The summed E-state index contributed by atoms with van der Waals surface area (Å²) in [7, 11) is 0. The number of benzene rings is 1. The predicted octanol–water partition coefficient (Wildman–Crippen LogP) is 1.82. The fraction of sp³-hybridized carbons (Fsp3) is 0.400. The summed E-state index contributed by atoms with van der Waals surface area (Å²) < 4.78 is 0. The predicted molar refractivity (Wildman–Crippen MR) is 71.1 cm³/mol. The monoisotopic (exact) mass is 245 g/mol. The molecule has 1 aromatic rings. The van der Waals surface area contributed by atoms with Crippen molar-refractivity contribution in [3.05, 3.63) is 47.5 Å². The van der Waals surface area contributed by atoms with Gasteiger partial charge in [-0.2, -0.15) is 0 Å². The highest BCUT2D eigenvalue weighted by molar-refractivity contribution is 5.93. The van der Waals surface area contributed by atoms with Crippen LogP contribution in [0.3, 0.4) is 0 Å². The molecule has 0 aliphatic heterocycles. The molecule has 1 aromatic carbocycles. The minimum Gasteiger partial charge on any atom is -0.391 e. The Morgan fingerprint density at radius 1 is 1.33 bits per heavy atom. The molecule has 3 nitrogen and oxygen atoms in total. The van der Waals surface area contributed by atoms with Gasteiger partial charge < -0.3 is 10.4 Å². The molecule has 1 amide bonds. The van der Waals surface area contributed by atoms with E-state index in [1.165, 1.54) is 0 Å². The fourth-order valence-corrected chi connectivity index (χ4v) is 2.16. The quantitative estimate of drug-likeness (QED) is 0.831. The molecule has 2 N–H and O–H groups in total. The molecular weight excluding hydrogens is 226 g/mol. The molecule has 96 valence electrons. The van der Waals surface area contributed by atoms with Crippen molar-refractivity contribution in [3.63, 3.8) is 0 Å². The third-order valence-corrected chi connectivity index (χ3v) is 3.15. The standard InChI is InChI=1S/C15H19NO2/c17-14(10-12-6-2-1-3-7-12)11-16-15(18)13-8-4-5-9-13/h1-3,6-8,14,17H,4-5,9-11H2,(H,16,18). The van der Waals surface area contributed by atoms with Crippen LogP contribution < -0.4 is 5.32 Å². The zero-order valence-corrected chi connectivity index (χ0v) is 10.4. The minimum atomic E-state index is -0.529. The van der Waals surface area contributed by atoms with Crippen molar-refractivity contribution in [1.82, 2.24) is 5.32 Å². The second-order valence-electron chi connectivity index (χ2n) is 4.68. The highest BCUT2D eigenvalue weighted by Crippen LogP contribution is 2.17. The van der Waals surface area contributed by atoms with Gasteiger partial charge in [-0.05, 0) is 24.8 Å². The van der Waals surface area contributed by atoms with Crippen molar-refractivity contribution < 1.29 is 9.90 Å². The van der Waals surface area contributed by atoms with Gasteiger partial charge in [0.25, 0.3) is 0 Å². The van der Waals surface area contributed by atoms with Gasteiger partial charge in [0.05, 0.1) is 6.10 Å². The van der Waals surface area contributed by atoms with E-state index in [0.717, 1.165) is 30.4 Å². The van der Waals surface area contributed by atoms with E-state index >= 15 is 0 Å². The van der Waals surface area contributed by atoms with Gasteiger partial charge in [-0.3, -0.25) is 4.79 Å². The molecule has 0 aromatic heterocycles. The van der Waals surface area contributed by atoms with Crippen molar-refractivity contribution in [2.45, 2.75) is 31.8 Å². The van der Waals surface area contributed by atoms with Crippen LogP contribution >= 0.6 is 0 Å². The molecular formula is C15H19NO2. The molecule has 0 saturated heterocycles. The summed E-state index contributed by atoms with van der Waals surface area (Å²) in [5.41, 5.74) is 1.95. The number of amides is 1. The Balaban J connectivity index is 1.75. The van der Waals surface area contributed by atoms with E-state index in [-0.39, 0.29) is 5.91 Å². The summed E-state index contributed by atoms with van der Waals surface area (Å²) in [6.07, 6.45) is 4.95. The van der Waals surface area contributed by atoms with Gasteiger partial charge in [-0.25, -0.2) is 0 Å². The smallest absolute Gasteiger partial charge is 0.246 e. The maximum atomic E-state index is 11.7. The molecule has 0 radical (unpaired) electrons. The largest absolute Gasteiger partial charge is 0.391 e. The fourth-order valence-electron chi connectivity index (χ4n) is 2.16. The average molecular weight is 245 g/mol. The number of hydrogen-bond acceptors (Lipinski definition) is 2. The highest BCUT2D eigenvalue weighted by atomic mass is 16.3. The van der Waals surface area contributed by atoms with Crippen LogP contribution in [0.5, 0.6) is 0 Å². The normalized spacial score (nSPS) is 16.2. The molecule has 1 unspecified atom stereocenters. The zero-order valence-electron chi connectivity index (χ0n) is 10.4. The molecule has 3 heteroatoms. The van der Waals surface area contributed by atoms with Crippen LogP contribution in [-0.2, 0) is 11.2 Å². The summed E-state index contributed by atoms with van der Waals surface area (Å²) in [5, 5.41) is 12.6. The molecule has 1 aliphatic carbocycles. The molecule has 2 rings (SSSR count). The van der Waals surface area contributed by atoms with E-state index in [2.05, 4.69) is 5.32 Å². The van der Waals surface area contributed by atoms with Crippen LogP contribution in [0.25, 0.3) is 0 Å². The molecule has 0 saturated carbocycles. The first-order valence-corrected chi connectivity index (χ1v) is 6.45. The Morgan fingerprint density at radius 3 is 2.78 bits per heavy atom. The number of carbonyl (C=O) groups excluding carboxylic acids is 1. The number of rotatable bonds is 5. The molecule has 0 fully saturated rings. The molecule has 18 heavy (non-hydrogen) atoms. The van der Waals surface area contributed by atoms with E-state index in [4.69, 9.17) is 0 Å². The third-order valence-electron chi connectivity index (χ3n) is 3.15. The Hall–Kier alpha value is -1.61. The van der Waals surface area contributed by atoms with E-state index in [1.54, 1.807) is 0 Å². The minimum absolute atomic E-state index is 0.0281. The first-order chi connectivity index (χ1) is 8.75. The number of carbonyl (C=O) groups is 1. The van der Waals surface area contributed by atoms with Gasteiger partial charge in [-0.15, -0.1) is 0 Å². The van der Waals surface area contributed by atoms with E-state index in [9.17, 15) is 9.90 Å². The number of allylic oxidation sites excluding steroid dienone is 1.